The molecule has 2 fully saturated rings. The first-order chi connectivity index (χ1) is 26.4. The largest absolute Gasteiger partial charge is 0.292 e. The normalized spacial score (nSPS) is 20.3. The van der Waals surface area contributed by atoms with E-state index in [2.05, 4.69) is 39.0 Å². The molecule has 2 aliphatic rings. The van der Waals surface area contributed by atoms with Crippen molar-refractivity contribution < 1.29 is 18.0 Å². The van der Waals surface area contributed by atoms with Crippen molar-refractivity contribution in [3.8, 4) is 11.1 Å². The summed E-state index contributed by atoms with van der Waals surface area (Å²) in [6.07, 6.45) is 13.3. The number of benzene rings is 2. The van der Waals surface area contributed by atoms with Crippen molar-refractivity contribution in [2.24, 2.45) is 22.9 Å². The first-order valence-corrected chi connectivity index (χ1v) is 21.7. The number of anilines is 1. The number of aromatic nitrogens is 3. The van der Waals surface area contributed by atoms with Gasteiger partial charge in [-0.3, -0.25) is 10.2 Å². The van der Waals surface area contributed by atoms with E-state index < -0.39 is 23.2 Å². The maximum absolute atomic E-state index is 16.2. The van der Waals surface area contributed by atoms with E-state index in [4.69, 9.17) is 23.8 Å². The number of halogens is 4. The van der Waals surface area contributed by atoms with Crippen molar-refractivity contribution in [3.05, 3.63) is 76.0 Å². The van der Waals surface area contributed by atoms with Crippen LogP contribution in [0.25, 0.3) is 21.5 Å². The number of nitrogens with one attached hydrogen (secondary N) is 1. The average Bonchev–Trinajstić information content (AvgIpc) is 3.57. The number of hydrogen-bond donors (Lipinski definition) is 1. The fourth-order valence-electron chi connectivity index (χ4n) is 8.11. The maximum atomic E-state index is 16.2. The molecule has 55 heavy (non-hydrogen) atoms. The molecule has 292 valence electrons. The number of rotatable bonds is 14. The summed E-state index contributed by atoms with van der Waals surface area (Å²) in [6.45, 7) is 9.03. The Balaban J connectivity index is 1.22. The zero-order valence-electron chi connectivity index (χ0n) is 31.5. The number of thiocarbonyl (C=S) groups is 1. The lowest BCUT2D eigenvalue weighted by Crippen LogP contribution is -2.19. The number of aryl methyl sites for hydroxylation is 2. The van der Waals surface area contributed by atoms with Crippen LogP contribution >= 0.6 is 46.9 Å². The Morgan fingerprint density at radius 2 is 1.76 bits per heavy atom. The molecule has 0 unspecified atom stereocenters. The second-order valence-corrected chi connectivity index (χ2v) is 18.1. The molecule has 6 rings (SSSR count). The highest BCUT2D eigenvalue weighted by Crippen LogP contribution is 2.44. The number of allylic oxidation sites excluding steroid dienone is 1. The number of hydrogen-bond acceptors (Lipinski definition) is 9. The average molecular weight is 827 g/mol. The topological polar surface area (TPSA) is 80.1 Å². The summed E-state index contributed by atoms with van der Waals surface area (Å²) in [6, 6.07) is 6.71. The molecule has 6 nitrogen and oxygen atoms in total. The van der Waals surface area contributed by atoms with Crippen molar-refractivity contribution in [1.82, 2.24) is 15.0 Å². The number of fused-ring (bicyclic) bond motifs is 1. The van der Waals surface area contributed by atoms with Gasteiger partial charge in [-0.15, -0.1) is 0 Å². The summed E-state index contributed by atoms with van der Waals surface area (Å²) in [5.41, 5.74) is 5.80. The van der Waals surface area contributed by atoms with Gasteiger partial charge in [-0.05, 0) is 119 Å². The van der Waals surface area contributed by atoms with E-state index >= 15 is 8.78 Å². The monoisotopic (exact) mass is 825 g/mol. The third-order valence-corrected chi connectivity index (χ3v) is 14.2. The third kappa shape index (κ3) is 10.2. The second kappa shape index (κ2) is 18.8. The fourth-order valence-corrected chi connectivity index (χ4v) is 10.7. The molecule has 0 bridgehead atoms. The second-order valence-electron chi connectivity index (χ2n) is 15.0. The van der Waals surface area contributed by atoms with Crippen molar-refractivity contribution in [3.63, 3.8) is 0 Å². The molecule has 0 aliphatic heterocycles. The van der Waals surface area contributed by atoms with Crippen LogP contribution in [0.4, 0.5) is 18.3 Å². The van der Waals surface area contributed by atoms with Crippen LogP contribution in [-0.4, -0.2) is 31.1 Å². The maximum Gasteiger partial charge on any atom is 0.206 e. The van der Waals surface area contributed by atoms with E-state index in [1.165, 1.54) is 35.6 Å². The zero-order chi connectivity index (χ0) is 39.2. The molecule has 2 aromatic heterocycles. The Morgan fingerprint density at radius 3 is 2.47 bits per heavy atom. The molecule has 2 heterocycles. The Labute approximate surface area is 340 Å². The predicted molar refractivity (Wildman–Crippen MR) is 225 cm³/mol. The van der Waals surface area contributed by atoms with E-state index in [9.17, 15) is 9.18 Å². The number of carbonyl (C=O) groups is 1. The highest BCUT2D eigenvalue weighted by Gasteiger charge is 2.29. The third-order valence-electron chi connectivity index (χ3n) is 11.1. The lowest BCUT2D eigenvalue weighted by molar-refractivity contribution is -0.117. The summed E-state index contributed by atoms with van der Waals surface area (Å²) in [5, 5.41) is 5.02. The molecule has 4 aromatic rings. The van der Waals surface area contributed by atoms with Crippen LogP contribution < -0.4 is 5.43 Å². The Bertz CT molecular complexity index is 2090. The van der Waals surface area contributed by atoms with Crippen LogP contribution in [0.2, 0.25) is 5.02 Å². The molecule has 2 saturated carbocycles. The van der Waals surface area contributed by atoms with Gasteiger partial charge in [0.1, 0.15) is 11.6 Å². The van der Waals surface area contributed by atoms with Crippen LogP contribution in [0.1, 0.15) is 119 Å². The highest BCUT2D eigenvalue weighted by atomic mass is 35.5. The van der Waals surface area contributed by atoms with Gasteiger partial charge in [0.05, 0.1) is 31.4 Å². The smallest absolute Gasteiger partial charge is 0.206 e. The predicted octanol–water partition coefficient (Wildman–Crippen LogP) is 13.3. The number of Topliss-reactive ketones (excluding diaryl/α,β-unsaturated/α-hetero) is 1. The minimum Gasteiger partial charge on any atom is -0.292 e. The van der Waals surface area contributed by atoms with Gasteiger partial charge in [0, 0.05) is 22.8 Å². The van der Waals surface area contributed by atoms with Crippen LogP contribution in [0.3, 0.4) is 0 Å². The number of nitrogens with zero attached hydrogens (tertiary/aromatic N) is 4. The van der Waals surface area contributed by atoms with Crippen molar-refractivity contribution in [1.29, 1.82) is 0 Å². The molecule has 0 amide bonds. The molecule has 0 saturated heterocycles. The van der Waals surface area contributed by atoms with E-state index in [1.807, 2.05) is 19.9 Å². The Kier molecular flexibility index (Phi) is 14.2. The number of thiazole rings is 1. The molecule has 0 spiro atoms. The molecular weight excluding hydrogens is 779 g/mol. The molecule has 1 N–H and O–H groups in total. The quantitative estimate of drug-likeness (QED) is 0.0339. The number of ketones is 1. The van der Waals surface area contributed by atoms with E-state index in [-0.39, 0.29) is 28.8 Å². The number of hydrazone groups is 1. The van der Waals surface area contributed by atoms with Crippen LogP contribution in [0.5, 0.6) is 0 Å². The molecule has 0 radical (unpaired) electrons. The minimum absolute atomic E-state index is 0.00797. The van der Waals surface area contributed by atoms with Gasteiger partial charge in [0.15, 0.2) is 23.1 Å². The van der Waals surface area contributed by atoms with Gasteiger partial charge in [0.2, 0.25) is 5.13 Å². The summed E-state index contributed by atoms with van der Waals surface area (Å²) < 4.78 is 46.9. The van der Waals surface area contributed by atoms with Gasteiger partial charge < -0.3 is 0 Å². The van der Waals surface area contributed by atoms with Crippen molar-refractivity contribution >= 4 is 78.6 Å². The molecule has 2 aromatic carbocycles. The fraction of sp³-hybridized carbons (Fsp3) is 0.476. The number of carbonyl (C=O) groups excluding carboxylic acids is 1. The molecule has 2 aliphatic carbocycles. The summed E-state index contributed by atoms with van der Waals surface area (Å²) in [4.78, 5) is 25.8. The minimum atomic E-state index is -0.872. The molecule has 13 heteroatoms. The number of thioether (sulfide) groups is 1. The molecular formula is C42H47ClF3N5OS3. The van der Waals surface area contributed by atoms with Crippen molar-refractivity contribution in [2.75, 3.05) is 5.43 Å². The zero-order valence-corrected chi connectivity index (χ0v) is 34.7. The summed E-state index contributed by atoms with van der Waals surface area (Å²) in [7, 11) is 0. The van der Waals surface area contributed by atoms with E-state index in [0.29, 0.717) is 51.6 Å². The standard InChI is InChI=1S/C42H47ClF3N5OS3/c1-5-7-26-10-14-28(15-11-26)32-21-33(45)36(38(46)37(32)43)30-18-19-35(54-41(53)29-16-12-27(13-17-29)8-6-9-34(52)23(2)44)31(20-30)22-47-51-42-50-40-39(55-42)24(3)48-25(4)49-40/h18-22,26-29H,2,5-17H2,1,3-4H3,(H,48,49,50,51)/b47-22+. The highest BCUT2D eigenvalue weighted by molar-refractivity contribution is 8.23. The van der Waals surface area contributed by atoms with Gasteiger partial charge >= 0.3 is 0 Å². The van der Waals surface area contributed by atoms with Gasteiger partial charge in [-0.2, -0.15) is 10.1 Å². The Hall–Kier alpha value is -3.19. The van der Waals surface area contributed by atoms with Gasteiger partial charge in [-0.1, -0.05) is 85.7 Å². The van der Waals surface area contributed by atoms with Crippen LogP contribution in [-0.2, 0) is 4.79 Å². The van der Waals surface area contributed by atoms with Crippen LogP contribution in [0, 0.1) is 43.2 Å². The lowest BCUT2D eigenvalue weighted by Gasteiger charge is -2.29. The summed E-state index contributed by atoms with van der Waals surface area (Å²) in [5.74, 6) is -0.759. The van der Waals surface area contributed by atoms with Gasteiger partial charge in [0.25, 0.3) is 0 Å². The summed E-state index contributed by atoms with van der Waals surface area (Å²) >= 11 is 15.5. The van der Waals surface area contributed by atoms with Crippen molar-refractivity contribution in [2.45, 2.75) is 115 Å². The van der Waals surface area contributed by atoms with Crippen LogP contribution in [0.15, 0.2) is 46.7 Å². The van der Waals surface area contributed by atoms with E-state index in [0.717, 1.165) is 83.7 Å². The first kappa shape index (κ1) is 41.4. The Morgan fingerprint density at radius 1 is 1.05 bits per heavy atom. The first-order valence-electron chi connectivity index (χ1n) is 19.2. The van der Waals surface area contributed by atoms with E-state index in [1.54, 1.807) is 18.3 Å². The SMILES string of the molecule is C=C(F)C(=O)CCCC1CCC(C(=S)Sc2ccc(-c3c(F)cc(C4CCC(CCC)CC4)c(Cl)c3F)cc2/C=N/Nc2nc3nc(C)nc(C)c3s2)CC1. The van der Waals surface area contributed by atoms with Gasteiger partial charge in [-0.25, -0.2) is 23.1 Å². The molecule has 0 atom stereocenters. The lowest BCUT2D eigenvalue weighted by atomic mass is 9.77.